The number of carbonyl (C=O) groups is 1. The Labute approximate surface area is 82.3 Å². The molecule has 1 amide bonds. The van der Waals surface area contributed by atoms with Crippen LogP contribution in [0, 0.1) is 0 Å². The first-order chi connectivity index (χ1) is 6.70. The van der Waals surface area contributed by atoms with E-state index in [1.165, 1.54) is 6.92 Å². The molecule has 1 aromatic heterocycles. The largest absolute Gasteiger partial charge is 0.506 e. The minimum Gasteiger partial charge on any atom is -0.506 e. The summed E-state index contributed by atoms with van der Waals surface area (Å²) >= 11 is 0. The van der Waals surface area contributed by atoms with E-state index in [4.69, 9.17) is 0 Å². The van der Waals surface area contributed by atoms with Crippen LogP contribution in [0.3, 0.4) is 0 Å². The van der Waals surface area contributed by atoms with Gasteiger partial charge in [0.05, 0.1) is 0 Å². The Bertz CT molecular complexity index is 348. The van der Waals surface area contributed by atoms with Crippen LogP contribution >= 0.6 is 0 Å². The Balaban J connectivity index is 2.52. The predicted molar refractivity (Wildman–Crippen MR) is 53.6 cm³/mol. The van der Waals surface area contributed by atoms with Crippen molar-refractivity contribution in [1.29, 1.82) is 0 Å². The smallest absolute Gasteiger partial charge is 0.217 e. The molecule has 0 atom stereocenters. The van der Waals surface area contributed by atoms with E-state index >= 15 is 0 Å². The maximum atomic E-state index is 10.5. The molecule has 4 heteroatoms. The third-order valence-corrected chi connectivity index (χ3v) is 1.56. The average molecular weight is 192 g/mol. The molecule has 0 saturated heterocycles. The molecule has 0 bridgehead atoms. The Morgan fingerprint density at radius 2 is 2.50 bits per heavy atom. The molecule has 0 unspecified atom stereocenters. The van der Waals surface area contributed by atoms with Gasteiger partial charge in [0.1, 0.15) is 11.4 Å². The van der Waals surface area contributed by atoms with Crippen LogP contribution in [-0.4, -0.2) is 22.5 Å². The SMILES string of the molecule is CC(=O)NCC=Cc1ncccc1O. The van der Waals surface area contributed by atoms with Gasteiger partial charge in [0.25, 0.3) is 0 Å². The van der Waals surface area contributed by atoms with Gasteiger partial charge in [-0.1, -0.05) is 6.08 Å². The topological polar surface area (TPSA) is 62.2 Å². The highest BCUT2D eigenvalue weighted by molar-refractivity contribution is 5.73. The van der Waals surface area contributed by atoms with E-state index in [9.17, 15) is 9.90 Å². The number of aromatic nitrogens is 1. The summed E-state index contributed by atoms with van der Waals surface area (Å²) < 4.78 is 0. The van der Waals surface area contributed by atoms with Gasteiger partial charge in [-0.15, -0.1) is 0 Å². The number of carbonyl (C=O) groups excluding carboxylic acids is 1. The molecule has 0 saturated carbocycles. The zero-order valence-corrected chi connectivity index (χ0v) is 7.90. The van der Waals surface area contributed by atoms with Crippen molar-refractivity contribution in [2.45, 2.75) is 6.92 Å². The van der Waals surface area contributed by atoms with Crippen molar-refractivity contribution in [2.75, 3.05) is 6.54 Å². The Kier molecular flexibility index (Phi) is 3.67. The fraction of sp³-hybridized carbons (Fsp3) is 0.200. The van der Waals surface area contributed by atoms with Crippen LogP contribution in [0.4, 0.5) is 0 Å². The van der Waals surface area contributed by atoms with Crippen LogP contribution in [0.25, 0.3) is 6.08 Å². The van der Waals surface area contributed by atoms with Gasteiger partial charge in [-0.05, 0) is 18.2 Å². The van der Waals surface area contributed by atoms with Gasteiger partial charge in [0.2, 0.25) is 5.91 Å². The molecule has 2 N–H and O–H groups in total. The van der Waals surface area contributed by atoms with Crippen LogP contribution < -0.4 is 5.32 Å². The molecule has 0 aliphatic heterocycles. The van der Waals surface area contributed by atoms with Crippen molar-refractivity contribution >= 4 is 12.0 Å². The van der Waals surface area contributed by atoms with Crippen molar-refractivity contribution in [2.24, 2.45) is 0 Å². The van der Waals surface area contributed by atoms with Crippen molar-refractivity contribution in [3.05, 3.63) is 30.1 Å². The Morgan fingerprint density at radius 3 is 3.14 bits per heavy atom. The highest BCUT2D eigenvalue weighted by atomic mass is 16.3. The molecule has 1 rings (SSSR count). The number of hydrogen-bond donors (Lipinski definition) is 2. The molecule has 0 aliphatic carbocycles. The molecule has 0 spiro atoms. The fourth-order valence-corrected chi connectivity index (χ4v) is 0.911. The van der Waals surface area contributed by atoms with Crippen LogP contribution in [0.15, 0.2) is 24.4 Å². The van der Waals surface area contributed by atoms with Gasteiger partial charge in [0, 0.05) is 19.7 Å². The predicted octanol–water partition coefficient (Wildman–Crippen LogP) is 0.937. The van der Waals surface area contributed by atoms with Gasteiger partial charge in [-0.3, -0.25) is 9.78 Å². The van der Waals surface area contributed by atoms with Gasteiger partial charge >= 0.3 is 0 Å². The van der Waals surface area contributed by atoms with Crippen molar-refractivity contribution in [1.82, 2.24) is 10.3 Å². The van der Waals surface area contributed by atoms with Crippen molar-refractivity contribution in [3.8, 4) is 5.75 Å². The number of nitrogens with one attached hydrogen (secondary N) is 1. The van der Waals surface area contributed by atoms with E-state index in [0.29, 0.717) is 12.2 Å². The third kappa shape index (κ3) is 3.26. The maximum absolute atomic E-state index is 10.5. The van der Waals surface area contributed by atoms with Gasteiger partial charge in [-0.25, -0.2) is 0 Å². The quantitative estimate of drug-likeness (QED) is 0.749. The highest BCUT2D eigenvalue weighted by Crippen LogP contribution is 2.13. The molecule has 0 fully saturated rings. The summed E-state index contributed by atoms with van der Waals surface area (Å²) in [7, 11) is 0. The molecule has 1 aromatic rings. The highest BCUT2D eigenvalue weighted by Gasteiger charge is 1.94. The van der Waals surface area contributed by atoms with E-state index in [-0.39, 0.29) is 11.7 Å². The van der Waals surface area contributed by atoms with Gasteiger partial charge < -0.3 is 10.4 Å². The summed E-state index contributed by atoms with van der Waals surface area (Å²) in [5, 5.41) is 11.9. The Morgan fingerprint density at radius 1 is 1.71 bits per heavy atom. The molecular weight excluding hydrogens is 180 g/mol. The summed E-state index contributed by atoms with van der Waals surface area (Å²) in [6.45, 7) is 1.89. The van der Waals surface area contributed by atoms with Crippen LogP contribution in [0.1, 0.15) is 12.6 Å². The molecule has 74 valence electrons. The fourth-order valence-electron chi connectivity index (χ4n) is 0.911. The lowest BCUT2D eigenvalue weighted by atomic mass is 10.3. The third-order valence-electron chi connectivity index (χ3n) is 1.56. The first kappa shape index (κ1) is 10.2. The zero-order chi connectivity index (χ0) is 10.4. The normalized spacial score (nSPS) is 10.4. The molecule has 4 nitrogen and oxygen atoms in total. The second kappa shape index (κ2) is 5.01. The second-order valence-electron chi connectivity index (χ2n) is 2.75. The first-order valence-electron chi connectivity index (χ1n) is 4.25. The number of nitrogens with zero attached hydrogens (tertiary/aromatic N) is 1. The van der Waals surface area contributed by atoms with E-state index in [1.54, 1.807) is 30.5 Å². The lowest BCUT2D eigenvalue weighted by Crippen LogP contribution is -2.19. The standard InChI is InChI=1S/C10H12N2O2/c1-8(13)11-6-2-4-9-10(14)5-3-7-12-9/h2-5,7,14H,6H2,1H3,(H,11,13). The molecule has 14 heavy (non-hydrogen) atoms. The maximum Gasteiger partial charge on any atom is 0.217 e. The van der Waals surface area contributed by atoms with Crippen LogP contribution in [0.5, 0.6) is 5.75 Å². The molecule has 0 aliphatic rings. The summed E-state index contributed by atoms with van der Waals surface area (Å²) in [6.07, 6.45) is 4.98. The second-order valence-corrected chi connectivity index (χ2v) is 2.75. The zero-order valence-electron chi connectivity index (χ0n) is 7.90. The van der Waals surface area contributed by atoms with Gasteiger partial charge in [-0.2, -0.15) is 0 Å². The molecular formula is C10H12N2O2. The summed E-state index contributed by atoms with van der Waals surface area (Å²) in [6, 6.07) is 3.21. The first-order valence-corrected chi connectivity index (χ1v) is 4.25. The van der Waals surface area contributed by atoms with E-state index in [1.807, 2.05) is 0 Å². The lowest BCUT2D eigenvalue weighted by Gasteiger charge is -1.97. The summed E-state index contributed by atoms with van der Waals surface area (Å²) in [4.78, 5) is 14.5. The van der Waals surface area contributed by atoms with E-state index in [0.717, 1.165) is 0 Å². The van der Waals surface area contributed by atoms with Crippen LogP contribution in [-0.2, 0) is 4.79 Å². The monoisotopic (exact) mass is 192 g/mol. The number of amides is 1. The molecule has 0 radical (unpaired) electrons. The minimum absolute atomic E-state index is 0.0834. The minimum atomic E-state index is -0.0834. The molecule has 1 heterocycles. The number of rotatable bonds is 3. The number of aromatic hydroxyl groups is 1. The summed E-state index contributed by atoms with van der Waals surface area (Å²) in [5.41, 5.74) is 0.498. The summed E-state index contributed by atoms with van der Waals surface area (Å²) in [5.74, 6) is 0.0477. The average Bonchev–Trinajstić information content (AvgIpc) is 2.15. The molecule has 0 aromatic carbocycles. The van der Waals surface area contributed by atoms with Gasteiger partial charge in [0.15, 0.2) is 0 Å². The van der Waals surface area contributed by atoms with Crippen molar-refractivity contribution < 1.29 is 9.90 Å². The van der Waals surface area contributed by atoms with Crippen molar-refractivity contribution in [3.63, 3.8) is 0 Å². The van der Waals surface area contributed by atoms with E-state index < -0.39 is 0 Å². The van der Waals surface area contributed by atoms with Crippen LogP contribution in [0.2, 0.25) is 0 Å². The number of hydrogen-bond acceptors (Lipinski definition) is 3. The lowest BCUT2D eigenvalue weighted by molar-refractivity contribution is -0.118. The van der Waals surface area contributed by atoms with E-state index in [2.05, 4.69) is 10.3 Å². The Hall–Kier alpha value is -1.84. The number of pyridine rings is 1.